The van der Waals surface area contributed by atoms with Crippen LogP contribution in [0.5, 0.6) is 5.75 Å². The topological polar surface area (TPSA) is 86.8 Å². The van der Waals surface area contributed by atoms with Crippen LogP contribution >= 0.6 is 0 Å². The first-order valence-corrected chi connectivity index (χ1v) is 6.87. The Morgan fingerprint density at radius 1 is 1.27 bits per heavy atom. The highest BCUT2D eigenvalue weighted by molar-refractivity contribution is 5.97. The molecule has 0 aliphatic carbocycles. The number of para-hydroxylation sites is 1. The second-order valence-corrected chi connectivity index (χ2v) is 4.46. The van der Waals surface area contributed by atoms with Crippen LogP contribution in [0.1, 0.15) is 18.9 Å². The van der Waals surface area contributed by atoms with Gasteiger partial charge in [-0.2, -0.15) is 0 Å². The highest BCUT2D eigenvalue weighted by Crippen LogP contribution is 2.13. The molecule has 1 aromatic heterocycles. The molecule has 0 bridgehead atoms. The van der Waals surface area contributed by atoms with Gasteiger partial charge in [-0.3, -0.25) is 4.98 Å². The zero-order valence-electron chi connectivity index (χ0n) is 12.2. The second-order valence-electron chi connectivity index (χ2n) is 4.46. The summed E-state index contributed by atoms with van der Waals surface area (Å²) in [6.07, 6.45) is 2.86. The van der Waals surface area contributed by atoms with Crippen molar-refractivity contribution in [2.45, 2.75) is 19.4 Å². The Labute approximate surface area is 128 Å². The fraction of sp³-hybridized carbons (Fsp3) is 0.188. The molecule has 2 N–H and O–H groups in total. The third kappa shape index (κ3) is 4.31. The zero-order valence-corrected chi connectivity index (χ0v) is 12.2. The number of carbonyl (C=O) groups excluding carboxylic acids is 1. The predicted molar refractivity (Wildman–Crippen MR) is 82.2 cm³/mol. The number of hydrogen-bond acceptors (Lipinski definition) is 5. The van der Waals surface area contributed by atoms with E-state index in [9.17, 15) is 4.79 Å². The number of oxime groups is 1. The van der Waals surface area contributed by atoms with Crippen molar-refractivity contribution in [3.8, 4) is 5.75 Å². The Morgan fingerprint density at radius 2 is 2.05 bits per heavy atom. The number of aromatic nitrogens is 1. The standard InChI is InChI=1S/C16H17N3O3/c1-2-14(21-13-8-4-3-5-9-13)16(20)22-19-15(17)12-7-6-10-18-11-12/h3-11,14H,2H2,1H3,(H2,17,19). The summed E-state index contributed by atoms with van der Waals surface area (Å²) < 4.78 is 5.57. The first-order valence-electron chi connectivity index (χ1n) is 6.87. The molecule has 0 saturated carbocycles. The minimum absolute atomic E-state index is 0.0796. The molecule has 0 fully saturated rings. The van der Waals surface area contributed by atoms with Crippen LogP contribution in [-0.4, -0.2) is 22.9 Å². The lowest BCUT2D eigenvalue weighted by atomic mass is 10.2. The van der Waals surface area contributed by atoms with E-state index in [-0.39, 0.29) is 5.84 Å². The summed E-state index contributed by atoms with van der Waals surface area (Å²) in [7, 11) is 0. The largest absolute Gasteiger partial charge is 0.479 e. The van der Waals surface area contributed by atoms with Gasteiger partial charge in [0, 0.05) is 18.0 Å². The molecule has 0 amide bonds. The smallest absolute Gasteiger partial charge is 0.375 e. The van der Waals surface area contributed by atoms with E-state index >= 15 is 0 Å². The normalized spacial score (nSPS) is 12.5. The maximum absolute atomic E-state index is 12.0. The fourth-order valence-electron chi connectivity index (χ4n) is 1.68. The van der Waals surface area contributed by atoms with E-state index in [0.717, 1.165) is 0 Å². The van der Waals surface area contributed by atoms with Gasteiger partial charge in [-0.25, -0.2) is 4.79 Å². The van der Waals surface area contributed by atoms with Crippen molar-refractivity contribution in [1.29, 1.82) is 0 Å². The van der Waals surface area contributed by atoms with Gasteiger partial charge < -0.3 is 15.3 Å². The van der Waals surface area contributed by atoms with E-state index in [2.05, 4.69) is 10.1 Å². The van der Waals surface area contributed by atoms with Gasteiger partial charge in [0.15, 0.2) is 11.9 Å². The number of hydrogen-bond donors (Lipinski definition) is 1. The van der Waals surface area contributed by atoms with Crippen LogP contribution in [0.25, 0.3) is 0 Å². The van der Waals surface area contributed by atoms with Crippen molar-refractivity contribution in [3.05, 3.63) is 60.4 Å². The number of amidine groups is 1. The Morgan fingerprint density at radius 3 is 2.68 bits per heavy atom. The lowest BCUT2D eigenvalue weighted by Crippen LogP contribution is -2.28. The van der Waals surface area contributed by atoms with Gasteiger partial charge in [0.1, 0.15) is 5.75 Å². The number of rotatable bonds is 6. The third-order valence-electron chi connectivity index (χ3n) is 2.85. The van der Waals surface area contributed by atoms with Crippen molar-refractivity contribution in [3.63, 3.8) is 0 Å². The van der Waals surface area contributed by atoms with E-state index in [4.69, 9.17) is 15.3 Å². The van der Waals surface area contributed by atoms with Gasteiger partial charge in [0.05, 0.1) is 0 Å². The number of pyridine rings is 1. The SMILES string of the molecule is CCC(Oc1ccccc1)C(=O)O/N=C(\N)c1cccnc1. The van der Waals surface area contributed by atoms with Crippen LogP contribution in [0, 0.1) is 0 Å². The van der Waals surface area contributed by atoms with E-state index in [1.54, 1.807) is 30.5 Å². The van der Waals surface area contributed by atoms with Crippen LogP contribution in [0.2, 0.25) is 0 Å². The number of nitrogens with zero attached hydrogens (tertiary/aromatic N) is 2. The van der Waals surface area contributed by atoms with Crippen LogP contribution in [0.4, 0.5) is 0 Å². The molecule has 0 radical (unpaired) electrons. The van der Waals surface area contributed by atoms with Gasteiger partial charge >= 0.3 is 5.97 Å². The van der Waals surface area contributed by atoms with E-state index in [1.165, 1.54) is 6.20 Å². The van der Waals surface area contributed by atoms with Gasteiger partial charge in [0.2, 0.25) is 0 Å². The van der Waals surface area contributed by atoms with Gasteiger partial charge in [-0.1, -0.05) is 30.3 Å². The average Bonchev–Trinajstić information content (AvgIpc) is 2.59. The van der Waals surface area contributed by atoms with Crippen molar-refractivity contribution in [1.82, 2.24) is 4.98 Å². The molecule has 22 heavy (non-hydrogen) atoms. The molecule has 0 saturated heterocycles. The molecule has 6 nitrogen and oxygen atoms in total. The van der Waals surface area contributed by atoms with Gasteiger partial charge in [0.25, 0.3) is 0 Å². The first-order chi connectivity index (χ1) is 10.7. The second kappa shape index (κ2) is 7.78. The summed E-state index contributed by atoms with van der Waals surface area (Å²) in [4.78, 5) is 20.8. The molecule has 0 aliphatic heterocycles. The first kappa shape index (κ1) is 15.5. The molecular formula is C16H17N3O3. The van der Waals surface area contributed by atoms with E-state index < -0.39 is 12.1 Å². The number of nitrogens with two attached hydrogens (primary N) is 1. The maximum Gasteiger partial charge on any atom is 0.375 e. The van der Waals surface area contributed by atoms with E-state index in [0.29, 0.717) is 17.7 Å². The van der Waals surface area contributed by atoms with Gasteiger partial charge in [-0.15, -0.1) is 0 Å². The minimum Gasteiger partial charge on any atom is -0.479 e. The quantitative estimate of drug-likeness (QED) is 0.382. The molecule has 6 heteroatoms. The molecule has 1 heterocycles. The highest BCUT2D eigenvalue weighted by Gasteiger charge is 2.20. The summed E-state index contributed by atoms with van der Waals surface area (Å²) in [5.74, 6) is 0.0738. The van der Waals surface area contributed by atoms with Crippen molar-refractivity contribution in [2.24, 2.45) is 10.9 Å². The van der Waals surface area contributed by atoms with E-state index in [1.807, 2.05) is 25.1 Å². The fourth-order valence-corrected chi connectivity index (χ4v) is 1.68. The molecule has 114 valence electrons. The average molecular weight is 299 g/mol. The summed E-state index contributed by atoms with van der Waals surface area (Å²) >= 11 is 0. The maximum atomic E-state index is 12.0. The molecule has 1 unspecified atom stereocenters. The molecule has 2 rings (SSSR count). The van der Waals surface area contributed by atoms with Crippen molar-refractivity contribution in [2.75, 3.05) is 0 Å². The molecule has 1 aromatic carbocycles. The summed E-state index contributed by atoms with van der Waals surface area (Å²) in [5, 5.41) is 3.63. The molecule has 0 aliphatic rings. The molecule has 1 atom stereocenters. The van der Waals surface area contributed by atoms with Gasteiger partial charge in [-0.05, 0) is 30.7 Å². The number of benzene rings is 1. The van der Waals surface area contributed by atoms with Crippen LogP contribution < -0.4 is 10.5 Å². The van der Waals surface area contributed by atoms with Crippen LogP contribution in [0.3, 0.4) is 0 Å². The molecule has 0 spiro atoms. The molecule has 2 aromatic rings. The summed E-state index contributed by atoms with van der Waals surface area (Å²) in [6, 6.07) is 12.5. The monoisotopic (exact) mass is 299 g/mol. The summed E-state index contributed by atoms with van der Waals surface area (Å²) in [6.45, 7) is 1.82. The number of ether oxygens (including phenoxy) is 1. The number of carbonyl (C=O) groups is 1. The zero-order chi connectivity index (χ0) is 15.8. The third-order valence-corrected chi connectivity index (χ3v) is 2.85. The highest BCUT2D eigenvalue weighted by atomic mass is 16.7. The van der Waals surface area contributed by atoms with Crippen LogP contribution in [0.15, 0.2) is 60.0 Å². The van der Waals surface area contributed by atoms with Crippen molar-refractivity contribution < 1.29 is 14.4 Å². The van der Waals surface area contributed by atoms with Crippen molar-refractivity contribution >= 4 is 11.8 Å². The predicted octanol–water partition coefficient (Wildman–Crippen LogP) is 2.10. The lowest BCUT2D eigenvalue weighted by Gasteiger charge is -2.14. The lowest BCUT2D eigenvalue weighted by molar-refractivity contribution is -0.152. The Hall–Kier alpha value is -2.89. The van der Waals surface area contributed by atoms with Crippen LogP contribution in [-0.2, 0) is 9.63 Å². The minimum atomic E-state index is -0.743. The Kier molecular flexibility index (Phi) is 5.48. The summed E-state index contributed by atoms with van der Waals surface area (Å²) in [5.41, 5.74) is 6.31. The Bertz CT molecular complexity index is 630. The molecular weight excluding hydrogens is 282 g/mol. The Balaban J connectivity index is 1.98.